The zero-order valence-electron chi connectivity index (χ0n) is 12.9. The van der Waals surface area contributed by atoms with E-state index in [1.165, 1.54) is 0 Å². The second kappa shape index (κ2) is 8.04. The maximum Gasteiger partial charge on any atom is 0.326 e. The molecule has 0 saturated carbocycles. The Bertz CT molecular complexity index is 773. The van der Waals surface area contributed by atoms with Crippen LogP contribution in [0.2, 0.25) is 0 Å². The summed E-state index contributed by atoms with van der Waals surface area (Å²) in [5.41, 5.74) is 6.23. The Hall–Kier alpha value is -2.52. The summed E-state index contributed by atoms with van der Waals surface area (Å²) in [6.45, 7) is 0. The molecule has 1 aliphatic heterocycles. The molecular formula is C16H14N2O5S2. The van der Waals surface area contributed by atoms with Crippen LogP contribution in [0.1, 0.15) is 28.8 Å². The van der Waals surface area contributed by atoms with Crippen LogP contribution in [0.15, 0.2) is 29.2 Å². The van der Waals surface area contributed by atoms with E-state index in [4.69, 9.17) is 18.0 Å². The van der Waals surface area contributed by atoms with Gasteiger partial charge in [0.05, 0.1) is 4.91 Å². The Morgan fingerprint density at radius 3 is 2.40 bits per heavy atom. The first-order valence-corrected chi connectivity index (χ1v) is 8.39. The average Bonchev–Trinajstić information content (AvgIpc) is 2.83. The van der Waals surface area contributed by atoms with Gasteiger partial charge in [-0.05, 0) is 18.1 Å². The van der Waals surface area contributed by atoms with Gasteiger partial charge in [0.15, 0.2) is 0 Å². The van der Waals surface area contributed by atoms with E-state index in [1.54, 1.807) is 30.3 Å². The summed E-state index contributed by atoms with van der Waals surface area (Å²) in [5, 5.41) is 9.35. The summed E-state index contributed by atoms with van der Waals surface area (Å²) < 4.78 is 0.109. The summed E-state index contributed by atoms with van der Waals surface area (Å²) in [6.07, 6.45) is 2.00. The minimum atomic E-state index is -1.26. The molecule has 1 atom stereocenters. The van der Waals surface area contributed by atoms with Crippen LogP contribution in [0.5, 0.6) is 0 Å². The molecule has 1 aromatic rings. The number of amides is 2. The van der Waals surface area contributed by atoms with E-state index in [1.807, 2.05) is 0 Å². The van der Waals surface area contributed by atoms with E-state index in [2.05, 4.69) is 0 Å². The summed E-state index contributed by atoms with van der Waals surface area (Å²) in [5.74, 6) is -2.44. The van der Waals surface area contributed by atoms with Crippen molar-refractivity contribution < 1.29 is 24.3 Å². The van der Waals surface area contributed by atoms with Crippen LogP contribution in [-0.2, 0) is 14.4 Å². The van der Waals surface area contributed by atoms with Gasteiger partial charge in [-0.15, -0.1) is 0 Å². The van der Waals surface area contributed by atoms with E-state index < -0.39 is 23.8 Å². The zero-order valence-corrected chi connectivity index (χ0v) is 14.5. The molecule has 1 aliphatic rings. The number of benzene rings is 1. The molecule has 0 radical (unpaired) electrons. The van der Waals surface area contributed by atoms with Crippen molar-refractivity contribution in [2.45, 2.75) is 18.9 Å². The molecule has 7 nitrogen and oxygen atoms in total. The number of carbonyl (C=O) groups excluding carboxylic acids is 3. The highest BCUT2D eigenvalue weighted by Crippen LogP contribution is 2.34. The van der Waals surface area contributed by atoms with Gasteiger partial charge in [-0.2, -0.15) is 0 Å². The van der Waals surface area contributed by atoms with E-state index in [0.717, 1.165) is 16.7 Å². The van der Waals surface area contributed by atoms with Gasteiger partial charge in [0, 0.05) is 12.0 Å². The Labute approximate surface area is 152 Å². The van der Waals surface area contributed by atoms with Gasteiger partial charge in [-0.25, -0.2) is 4.79 Å². The van der Waals surface area contributed by atoms with Crippen LogP contribution in [0.4, 0.5) is 0 Å². The van der Waals surface area contributed by atoms with Crippen LogP contribution >= 0.6 is 24.0 Å². The Morgan fingerprint density at radius 2 is 1.88 bits per heavy atom. The first kappa shape index (κ1) is 18.8. The van der Waals surface area contributed by atoms with Crippen molar-refractivity contribution in [3.63, 3.8) is 0 Å². The zero-order chi connectivity index (χ0) is 18.6. The molecule has 130 valence electrons. The van der Waals surface area contributed by atoms with E-state index in [-0.39, 0.29) is 22.1 Å². The molecule has 0 unspecified atom stereocenters. The fraction of sp³-hybridized carbons (Fsp3) is 0.188. The highest BCUT2D eigenvalue weighted by molar-refractivity contribution is 8.26. The summed E-state index contributed by atoms with van der Waals surface area (Å²) in [7, 11) is 0. The second-order valence-corrected chi connectivity index (χ2v) is 6.87. The number of hydrogen-bond acceptors (Lipinski definition) is 6. The first-order valence-electron chi connectivity index (χ1n) is 7.17. The van der Waals surface area contributed by atoms with Crippen molar-refractivity contribution in [1.82, 2.24) is 4.90 Å². The van der Waals surface area contributed by atoms with E-state index in [9.17, 15) is 24.3 Å². The maximum absolute atomic E-state index is 12.5. The fourth-order valence-corrected chi connectivity index (χ4v) is 3.57. The molecule has 1 aromatic carbocycles. The minimum absolute atomic E-state index is 0.109. The van der Waals surface area contributed by atoms with E-state index >= 15 is 0 Å². The third-order valence-electron chi connectivity index (χ3n) is 3.45. The van der Waals surface area contributed by atoms with Gasteiger partial charge >= 0.3 is 5.97 Å². The molecule has 2 rings (SSSR count). The number of thioether (sulfide) groups is 1. The Kier molecular flexibility index (Phi) is 6.05. The Balaban J connectivity index is 2.24. The molecule has 2 amide bonds. The first-order chi connectivity index (χ1) is 11.8. The van der Waals surface area contributed by atoms with Crippen molar-refractivity contribution in [3.8, 4) is 0 Å². The quantitative estimate of drug-likeness (QED) is 0.418. The van der Waals surface area contributed by atoms with Crippen molar-refractivity contribution >= 4 is 58.4 Å². The molecule has 25 heavy (non-hydrogen) atoms. The highest BCUT2D eigenvalue weighted by atomic mass is 32.2. The lowest BCUT2D eigenvalue weighted by Crippen LogP contribution is -2.44. The van der Waals surface area contributed by atoms with Crippen LogP contribution in [0, 0.1) is 0 Å². The van der Waals surface area contributed by atoms with Gasteiger partial charge < -0.3 is 10.8 Å². The van der Waals surface area contributed by atoms with Crippen molar-refractivity contribution in [3.05, 3.63) is 40.3 Å². The number of hydrogen-bond donors (Lipinski definition) is 2. The molecule has 3 N–H and O–H groups in total. The lowest BCUT2D eigenvalue weighted by molar-refractivity contribution is -0.145. The number of aliphatic carboxylic acids is 1. The smallest absolute Gasteiger partial charge is 0.326 e. The third kappa shape index (κ3) is 4.52. The molecule has 0 aromatic heterocycles. The number of aldehydes is 1. The second-order valence-electron chi connectivity index (χ2n) is 5.20. The van der Waals surface area contributed by atoms with Crippen molar-refractivity contribution in [2.75, 3.05) is 0 Å². The lowest BCUT2D eigenvalue weighted by atomic mass is 10.1. The molecule has 0 spiro atoms. The Morgan fingerprint density at radius 1 is 1.28 bits per heavy atom. The number of nitrogens with two attached hydrogens (primary N) is 1. The number of thiocarbonyl (C=S) groups is 1. The SMILES string of the molecule is NC(=O)CC[C@H](C(=O)O)N1C(=O)/C(=C/c2ccc(C=O)cc2)SC1=S. The molecule has 0 bridgehead atoms. The monoisotopic (exact) mass is 378 g/mol. The van der Waals surface area contributed by atoms with Gasteiger partial charge in [0.2, 0.25) is 5.91 Å². The number of carboxylic acids is 1. The standard InChI is InChI=1S/C16H14N2O5S2/c17-13(20)6-5-11(15(22)23)18-14(21)12(25-16(18)24)7-9-1-3-10(8-19)4-2-9/h1-4,7-8,11H,5-6H2,(H2,17,20)(H,22,23)/b12-7-/t11-/m1/s1. The van der Waals surface area contributed by atoms with Gasteiger partial charge in [0.25, 0.3) is 5.91 Å². The van der Waals surface area contributed by atoms with Crippen LogP contribution < -0.4 is 5.73 Å². The lowest BCUT2D eigenvalue weighted by Gasteiger charge is -2.22. The van der Waals surface area contributed by atoms with Crippen LogP contribution in [-0.4, -0.2) is 44.4 Å². The number of carbonyl (C=O) groups is 4. The average molecular weight is 378 g/mol. The van der Waals surface area contributed by atoms with E-state index in [0.29, 0.717) is 17.4 Å². The fourth-order valence-electron chi connectivity index (χ4n) is 2.21. The molecule has 1 fully saturated rings. The minimum Gasteiger partial charge on any atom is -0.480 e. The molecule has 1 saturated heterocycles. The third-order valence-corrected chi connectivity index (χ3v) is 4.79. The molecule has 1 heterocycles. The number of primary amides is 1. The maximum atomic E-state index is 12.5. The predicted octanol–water partition coefficient (Wildman–Crippen LogP) is 1.42. The van der Waals surface area contributed by atoms with Gasteiger partial charge in [-0.1, -0.05) is 48.2 Å². The number of nitrogens with zero attached hydrogens (tertiary/aromatic N) is 1. The topological polar surface area (TPSA) is 118 Å². The number of rotatable bonds is 7. The van der Waals surface area contributed by atoms with Crippen molar-refractivity contribution in [1.29, 1.82) is 0 Å². The van der Waals surface area contributed by atoms with Crippen LogP contribution in [0.3, 0.4) is 0 Å². The number of carboxylic acid groups (broad SMARTS) is 1. The van der Waals surface area contributed by atoms with Crippen LogP contribution in [0.25, 0.3) is 6.08 Å². The van der Waals surface area contributed by atoms with Gasteiger partial charge in [0.1, 0.15) is 16.6 Å². The molecular weight excluding hydrogens is 364 g/mol. The predicted molar refractivity (Wildman–Crippen MR) is 96.7 cm³/mol. The largest absolute Gasteiger partial charge is 0.480 e. The normalized spacial score (nSPS) is 17.0. The summed E-state index contributed by atoms with van der Waals surface area (Å²) in [4.78, 5) is 46.9. The van der Waals surface area contributed by atoms with Crippen molar-refractivity contribution in [2.24, 2.45) is 5.73 Å². The summed E-state index contributed by atoms with van der Waals surface area (Å²) in [6, 6.07) is 5.29. The summed E-state index contributed by atoms with van der Waals surface area (Å²) >= 11 is 6.11. The van der Waals surface area contributed by atoms with Gasteiger partial charge in [-0.3, -0.25) is 19.3 Å². The molecule has 9 heteroatoms. The highest BCUT2D eigenvalue weighted by Gasteiger charge is 2.40. The molecule has 0 aliphatic carbocycles.